The van der Waals surface area contributed by atoms with Crippen LogP contribution in [0, 0.1) is 17.3 Å². The summed E-state index contributed by atoms with van der Waals surface area (Å²) in [4.78, 5) is 11.6. The second-order valence-electron chi connectivity index (χ2n) is 5.65. The van der Waals surface area contributed by atoms with Gasteiger partial charge in [0.05, 0.1) is 13.2 Å². The molecule has 0 N–H and O–H groups in total. The molecule has 0 saturated heterocycles. The van der Waals surface area contributed by atoms with Crippen LogP contribution in [-0.2, 0) is 19.0 Å². The van der Waals surface area contributed by atoms with E-state index in [4.69, 9.17) is 14.2 Å². The van der Waals surface area contributed by atoms with Crippen molar-refractivity contribution in [3.8, 4) is 0 Å². The summed E-state index contributed by atoms with van der Waals surface area (Å²) in [6.07, 6.45) is 2.46. The van der Waals surface area contributed by atoms with E-state index >= 15 is 0 Å². The molecule has 106 valence electrons. The van der Waals surface area contributed by atoms with Crippen LogP contribution in [0.3, 0.4) is 0 Å². The Hall–Kier alpha value is -0.610. The third-order valence-corrected chi connectivity index (χ3v) is 4.07. The summed E-state index contributed by atoms with van der Waals surface area (Å²) < 4.78 is 15.4. The lowest BCUT2D eigenvalue weighted by Crippen LogP contribution is -2.48. The molecule has 4 nitrogen and oxygen atoms in total. The molecule has 1 fully saturated rings. The molecule has 1 aliphatic carbocycles. The Morgan fingerprint density at radius 1 is 1.33 bits per heavy atom. The van der Waals surface area contributed by atoms with Crippen LogP contribution in [0.25, 0.3) is 0 Å². The average Bonchev–Trinajstić information content (AvgIpc) is 2.34. The van der Waals surface area contributed by atoms with Crippen LogP contribution >= 0.6 is 0 Å². The Kier molecular flexibility index (Phi) is 6.09. The van der Waals surface area contributed by atoms with Crippen LogP contribution < -0.4 is 0 Å². The van der Waals surface area contributed by atoms with Gasteiger partial charge in [0, 0.05) is 13.5 Å². The average molecular weight is 258 g/mol. The Bertz CT molecular complexity index is 263. The topological polar surface area (TPSA) is 44.8 Å². The normalized spacial score (nSPS) is 25.6. The minimum atomic E-state index is -0.0637. The van der Waals surface area contributed by atoms with E-state index in [-0.39, 0.29) is 11.4 Å². The van der Waals surface area contributed by atoms with Crippen LogP contribution in [0.15, 0.2) is 0 Å². The molecule has 1 aliphatic rings. The molecule has 0 aromatic carbocycles. The highest BCUT2D eigenvalue weighted by molar-refractivity contribution is 5.70. The largest absolute Gasteiger partial charge is 0.466 e. The Labute approximate surface area is 110 Å². The van der Waals surface area contributed by atoms with Crippen molar-refractivity contribution in [2.45, 2.75) is 40.0 Å². The van der Waals surface area contributed by atoms with Gasteiger partial charge in [-0.05, 0) is 30.1 Å². The highest BCUT2D eigenvalue weighted by Gasteiger charge is 2.48. The Balaban J connectivity index is 2.27. The number of hydrogen-bond acceptors (Lipinski definition) is 4. The summed E-state index contributed by atoms with van der Waals surface area (Å²) in [5, 5.41) is 0. The summed E-state index contributed by atoms with van der Waals surface area (Å²) in [6, 6.07) is 0. The number of carbonyl (C=O) groups excluding carboxylic acids is 1. The molecule has 2 unspecified atom stereocenters. The lowest BCUT2D eigenvalue weighted by atomic mass is 9.54. The van der Waals surface area contributed by atoms with E-state index in [9.17, 15) is 4.79 Å². The maximum atomic E-state index is 11.6. The Morgan fingerprint density at radius 3 is 2.61 bits per heavy atom. The summed E-state index contributed by atoms with van der Waals surface area (Å²) in [6.45, 7) is 8.00. The lowest BCUT2D eigenvalue weighted by molar-refractivity contribution is -0.154. The van der Waals surface area contributed by atoms with Gasteiger partial charge in [0.1, 0.15) is 6.79 Å². The predicted octanol–water partition coefficient (Wildman–Crippen LogP) is 2.61. The summed E-state index contributed by atoms with van der Waals surface area (Å²) in [5.41, 5.74) is 0.152. The second kappa shape index (κ2) is 7.10. The molecule has 1 rings (SSSR count). The molecule has 0 aromatic rings. The van der Waals surface area contributed by atoms with Crippen molar-refractivity contribution in [3.63, 3.8) is 0 Å². The maximum Gasteiger partial charge on any atom is 0.306 e. The zero-order valence-electron chi connectivity index (χ0n) is 12.0. The summed E-state index contributed by atoms with van der Waals surface area (Å²) >= 11 is 0. The number of hydrogen-bond donors (Lipinski definition) is 0. The third kappa shape index (κ3) is 3.95. The van der Waals surface area contributed by atoms with Crippen molar-refractivity contribution in [2.75, 3.05) is 27.1 Å². The SMILES string of the molecule is CCCOC(=O)CC1CC(COCOC)C1(C)C. The highest BCUT2D eigenvalue weighted by atomic mass is 16.7. The summed E-state index contributed by atoms with van der Waals surface area (Å²) in [7, 11) is 1.62. The minimum Gasteiger partial charge on any atom is -0.466 e. The van der Waals surface area contributed by atoms with Gasteiger partial charge in [0.15, 0.2) is 0 Å². The molecule has 2 atom stereocenters. The van der Waals surface area contributed by atoms with Crippen molar-refractivity contribution >= 4 is 5.97 Å². The van der Waals surface area contributed by atoms with Gasteiger partial charge in [-0.1, -0.05) is 20.8 Å². The number of methoxy groups -OCH3 is 1. The molecule has 0 aliphatic heterocycles. The second-order valence-corrected chi connectivity index (χ2v) is 5.65. The standard InChI is InChI=1S/C14H26O4/c1-5-6-18-13(15)8-11-7-12(14(11,2)3)9-17-10-16-4/h11-12H,5-10H2,1-4H3. The van der Waals surface area contributed by atoms with E-state index in [2.05, 4.69) is 13.8 Å². The van der Waals surface area contributed by atoms with Gasteiger partial charge >= 0.3 is 5.97 Å². The van der Waals surface area contributed by atoms with Gasteiger partial charge in [-0.3, -0.25) is 4.79 Å². The molecule has 18 heavy (non-hydrogen) atoms. The van der Waals surface area contributed by atoms with Crippen LogP contribution in [0.5, 0.6) is 0 Å². The highest BCUT2D eigenvalue weighted by Crippen LogP contribution is 2.52. The lowest BCUT2D eigenvalue weighted by Gasteiger charge is -2.52. The molecular formula is C14H26O4. The first kappa shape index (κ1) is 15.4. The predicted molar refractivity (Wildman–Crippen MR) is 69.1 cm³/mol. The van der Waals surface area contributed by atoms with Gasteiger partial charge in [0.2, 0.25) is 0 Å². The summed E-state index contributed by atoms with van der Waals surface area (Å²) in [5.74, 6) is 0.862. The molecule has 4 heteroatoms. The minimum absolute atomic E-state index is 0.0637. The number of ether oxygens (including phenoxy) is 3. The fraction of sp³-hybridized carbons (Fsp3) is 0.929. The zero-order valence-corrected chi connectivity index (χ0v) is 12.0. The molecule has 0 spiro atoms. The van der Waals surface area contributed by atoms with E-state index in [0.717, 1.165) is 12.8 Å². The van der Waals surface area contributed by atoms with Gasteiger partial charge in [-0.2, -0.15) is 0 Å². The fourth-order valence-corrected chi connectivity index (χ4v) is 2.50. The number of rotatable bonds is 8. The molecular weight excluding hydrogens is 232 g/mol. The smallest absolute Gasteiger partial charge is 0.306 e. The van der Waals surface area contributed by atoms with E-state index in [1.165, 1.54) is 0 Å². The first-order chi connectivity index (χ1) is 8.52. The first-order valence-corrected chi connectivity index (χ1v) is 6.74. The quantitative estimate of drug-likeness (QED) is 0.381. The van der Waals surface area contributed by atoms with Crippen molar-refractivity contribution in [3.05, 3.63) is 0 Å². The fourth-order valence-electron chi connectivity index (χ4n) is 2.50. The van der Waals surface area contributed by atoms with Gasteiger partial charge < -0.3 is 14.2 Å². The van der Waals surface area contributed by atoms with Crippen LogP contribution in [0.1, 0.15) is 40.0 Å². The van der Waals surface area contributed by atoms with Crippen molar-refractivity contribution in [1.82, 2.24) is 0 Å². The van der Waals surface area contributed by atoms with Gasteiger partial charge in [-0.25, -0.2) is 0 Å². The van der Waals surface area contributed by atoms with Crippen molar-refractivity contribution in [2.24, 2.45) is 17.3 Å². The van der Waals surface area contributed by atoms with Crippen LogP contribution in [-0.4, -0.2) is 33.1 Å². The molecule has 0 radical (unpaired) electrons. The third-order valence-electron chi connectivity index (χ3n) is 4.07. The zero-order chi connectivity index (χ0) is 13.6. The van der Waals surface area contributed by atoms with Gasteiger partial charge in [0.25, 0.3) is 0 Å². The molecule has 0 bridgehead atoms. The monoisotopic (exact) mass is 258 g/mol. The first-order valence-electron chi connectivity index (χ1n) is 6.74. The molecule has 0 amide bonds. The van der Waals surface area contributed by atoms with Crippen LogP contribution in [0.2, 0.25) is 0 Å². The number of carbonyl (C=O) groups is 1. The number of esters is 1. The van der Waals surface area contributed by atoms with Crippen molar-refractivity contribution in [1.29, 1.82) is 0 Å². The van der Waals surface area contributed by atoms with Crippen molar-refractivity contribution < 1.29 is 19.0 Å². The molecule has 0 aromatic heterocycles. The van der Waals surface area contributed by atoms with Gasteiger partial charge in [-0.15, -0.1) is 0 Å². The maximum absolute atomic E-state index is 11.6. The van der Waals surface area contributed by atoms with Crippen LogP contribution in [0.4, 0.5) is 0 Å². The molecule has 0 heterocycles. The van der Waals surface area contributed by atoms with E-state index in [0.29, 0.717) is 38.3 Å². The van der Waals surface area contributed by atoms with E-state index in [1.54, 1.807) is 7.11 Å². The van der Waals surface area contributed by atoms with E-state index in [1.807, 2.05) is 6.92 Å². The van der Waals surface area contributed by atoms with E-state index < -0.39 is 0 Å². The molecule has 1 saturated carbocycles. The Morgan fingerprint density at radius 2 is 2.06 bits per heavy atom.